The molecule has 2 aromatic heterocycles. The van der Waals surface area contributed by atoms with Gasteiger partial charge in [-0.15, -0.1) is 11.3 Å². The van der Waals surface area contributed by atoms with Crippen LogP contribution in [0.3, 0.4) is 0 Å². The lowest BCUT2D eigenvalue weighted by molar-refractivity contribution is -0.143. The molecule has 2 rings (SSSR count). The molecular formula is C17H22N2O6S2. The lowest BCUT2D eigenvalue weighted by Gasteiger charge is -2.16. The standard InChI is InChI=1S/C17H22N2O6S2/c1-4-25-15(20)11-19(2)27(22,23)14-10-13(26-16(14)17(21)24-3)8-7-12-6-5-9-18-12/h5-6,9-10,18H,4,7-8,11H2,1-3H3. The molecule has 0 saturated heterocycles. The molecule has 10 heteroatoms. The number of rotatable bonds is 9. The minimum Gasteiger partial charge on any atom is -0.465 e. The van der Waals surface area contributed by atoms with Crippen LogP contribution >= 0.6 is 11.3 Å². The van der Waals surface area contributed by atoms with Crippen LogP contribution in [0.4, 0.5) is 0 Å². The lowest BCUT2D eigenvalue weighted by Crippen LogP contribution is -2.33. The van der Waals surface area contributed by atoms with Crippen molar-refractivity contribution in [3.8, 4) is 0 Å². The van der Waals surface area contributed by atoms with E-state index in [2.05, 4.69) is 4.98 Å². The number of likely N-dealkylation sites (N-methyl/N-ethyl adjacent to an activating group) is 1. The number of thiophene rings is 1. The number of carbonyl (C=O) groups is 2. The van der Waals surface area contributed by atoms with E-state index in [0.717, 1.165) is 26.2 Å². The van der Waals surface area contributed by atoms with Gasteiger partial charge in [-0.1, -0.05) is 0 Å². The van der Waals surface area contributed by atoms with Gasteiger partial charge in [0.05, 0.1) is 13.7 Å². The van der Waals surface area contributed by atoms with Crippen LogP contribution in [-0.4, -0.2) is 57.0 Å². The molecule has 0 amide bonds. The Morgan fingerprint density at radius 2 is 2.04 bits per heavy atom. The number of H-pyrrole nitrogens is 1. The first-order valence-corrected chi connectivity index (χ1v) is 10.5. The first-order chi connectivity index (χ1) is 12.8. The van der Waals surface area contributed by atoms with E-state index in [1.165, 1.54) is 20.2 Å². The zero-order valence-electron chi connectivity index (χ0n) is 15.4. The molecule has 2 heterocycles. The SMILES string of the molecule is CCOC(=O)CN(C)S(=O)(=O)c1cc(CCc2ccc[nH]2)sc1C(=O)OC. The molecule has 0 aliphatic carbocycles. The molecule has 0 saturated carbocycles. The fourth-order valence-corrected chi connectivity index (χ4v) is 5.10. The van der Waals surface area contributed by atoms with E-state index in [1.807, 2.05) is 18.3 Å². The normalized spacial score (nSPS) is 11.6. The van der Waals surface area contributed by atoms with Crippen LogP contribution in [0.15, 0.2) is 29.3 Å². The van der Waals surface area contributed by atoms with E-state index in [9.17, 15) is 18.0 Å². The lowest BCUT2D eigenvalue weighted by atomic mass is 10.2. The third-order valence-corrected chi connectivity index (χ3v) is 6.90. The molecule has 148 valence electrons. The quantitative estimate of drug-likeness (QED) is 0.628. The molecular weight excluding hydrogens is 392 g/mol. The number of nitrogens with zero attached hydrogens (tertiary/aromatic N) is 1. The van der Waals surface area contributed by atoms with Crippen LogP contribution in [0.5, 0.6) is 0 Å². The molecule has 0 unspecified atom stereocenters. The van der Waals surface area contributed by atoms with Gasteiger partial charge >= 0.3 is 11.9 Å². The Morgan fingerprint density at radius 1 is 1.30 bits per heavy atom. The minimum absolute atomic E-state index is 0.00491. The Kier molecular flexibility index (Phi) is 7.17. The first kappa shape index (κ1) is 21.1. The number of sulfonamides is 1. The maximum Gasteiger partial charge on any atom is 0.349 e. The molecule has 27 heavy (non-hydrogen) atoms. The molecule has 8 nitrogen and oxygen atoms in total. The largest absolute Gasteiger partial charge is 0.465 e. The summed E-state index contributed by atoms with van der Waals surface area (Å²) in [5.41, 5.74) is 1.01. The highest BCUT2D eigenvalue weighted by Gasteiger charge is 2.31. The summed E-state index contributed by atoms with van der Waals surface area (Å²) in [5, 5.41) is 0. The predicted octanol–water partition coefficient (Wildman–Crippen LogP) is 1.83. The van der Waals surface area contributed by atoms with Crippen LogP contribution in [0, 0.1) is 0 Å². The molecule has 0 fully saturated rings. The van der Waals surface area contributed by atoms with Gasteiger partial charge in [0.25, 0.3) is 0 Å². The smallest absolute Gasteiger partial charge is 0.349 e. The Bertz CT molecular complexity index is 887. The number of aromatic amines is 1. The highest BCUT2D eigenvalue weighted by Crippen LogP contribution is 2.30. The van der Waals surface area contributed by atoms with E-state index >= 15 is 0 Å². The number of hydrogen-bond donors (Lipinski definition) is 1. The zero-order chi connectivity index (χ0) is 20.0. The molecule has 1 N–H and O–H groups in total. The molecule has 0 bridgehead atoms. The van der Waals surface area contributed by atoms with Crippen molar-refractivity contribution in [2.75, 3.05) is 27.3 Å². The van der Waals surface area contributed by atoms with Crippen molar-refractivity contribution in [3.63, 3.8) is 0 Å². The molecule has 0 spiro atoms. The summed E-state index contributed by atoms with van der Waals surface area (Å²) in [4.78, 5) is 27.4. The third kappa shape index (κ3) is 5.18. The maximum absolute atomic E-state index is 12.9. The van der Waals surface area contributed by atoms with E-state index in [1.54, 1.807) is 6.92 Å². The van der Waals surface area contributed by atoms with E-state index < -0.39 is 28.5 Å². The van der Waals surface area contributed by atoms with Gasteiger partial charge in [-0.05, 0) is 38.0 Å². The number of aromatic nitrogens is 1. The zero-order valence-corrected chi connectivity index (χ0v) is 17.0. The summed E-state index contributed by atoms with van der Waals surface area (Å²) in [5.74, 6) is -1.39. The van der Waals surface area contributed by atoms with Gasteiger partial charge in [0.1, 0.15) is 16.3 Å². The van der Waals surface area contributed by atoms with Gasteiger partial charge in [0.15, 0.2) is 0 Å². The highest BCUT2D eigenvalue weighted by molar-refractivity contribution is 7.89. The Balaban J connectivity index is 2.29. The number of aryl methyl sites for hydroxylation is 2. The van der Waals surface area contributed by atoms with Crippen molar-refractivity contribution in [1.82, 2.24) is 9.29 Å². The van der Waals surface area contributed by atoms with Gasteiger partial charge in [-0.25, -0.2) is 13.2 Å². The second-order valence-electron chi connectivity index (χ2n) is 5.66. The minimum atomic E-state index is -4.06. The predicted molar refractivity (Wildman–Crippen MR) is 100 cm³/mol. The van der Waals surface area contributed by atoms with Crippen molar-refractivity contribution in [3.05, 3.63) is 39.8 Å². The van der Waals surface area contributed by atoms with Crippen LogP contribution in [0.2, 0.25) is 0 Å². The van der Waals surface area contributed by atoms with E-state index in [0.29, 0.717) is 12.8 Å². The highest BCUT2D eigenvalue weighted by atomic mass is 32.2. The molecule has 2 aromatic rings. The molecule has 0 atom stereocenters. The Labute approximate surface area is 162 Å². The second-order valence-corrected chi connectivity index (χ2v) is 8.81. The van der Waals surface area contributed by atoms with Crippen molar-refractivity contribution in [2.24, 2.45) is 0 Å². The number of nitrogens with one attached hydrogen (secondary N) is 1. The number of carbonyl (C=O) groups excluding carboxylic acids is 2. The van der Waals surface area contributed by atoms with Gasteiger partial charge in [0, 0.05) is 23.8 Å². The van der Waals surface area contributed by atoms with Crippen molar-refractivity contribution in [1.29, 1.82) is 0 Å². The Hall–Kier alpha value is -2.17. The average Bonchev–Trinajstić information content (AvgIpc) is 3.29. The van der Waals surface area contributed by atoms with Gasteiger partial charge in [-0.2, -0.15) is 4.31 Å². The van der Waals surface area contributed by atoms with Gasteiger partial charge in [-0.3, -0.25) is 4.79 Å². The van der Waals surface area contributed by atoms with Gasteiger partial charge in [0.2, 0.25) is 10.0 Å². The van der Waals surface area contributed by atoms with Crippen LogP contribution in [0.1, 0.15) is 27.2 Å². The van der Waals surface area contributed by atoms with Crippen molar-refractivity contribution < 1.29 is 27.5 Å². The number of ether oxygens (including phenoxy) is 2. The van der Waals surface area contributed by atoms with E-state index in [4.69, 9.17) is 9.47 Å². The number of methoxy groups -OCH3 is 1. The third-order valence-electron chi connectivity index (χ3n) is 3.77. The fourth-order valence-electron chi connectivity index (χ4n) is 2.39. The van der Waals surface area contributed by atoms with Crippen molar-refractivity contribution in [2.45, 2.75) is 24.7 Å². The maximum atomic E-state index is 12.9. The summed E-state index contributed by atoms with van der Waals surface area (Å²) >= 11 is 1.08. The summed E-state index contributed by atoms with van der Waals surface area (Å²) in [7, 11) is -1.59. The molecule has 0 aliphatic rings. The van der Waals surface area contributed by atoms with Gasteiger partial charge < -0.3 is 14.5 Å². The summed E-state index contributed by atoms with van der Waals surface area (Å²) < 4.78 is 36.1. The summed E-state index contributed by atoms with van der Waals surface area (Å²) in [6.45, 7) is 1.35. The topological polar surface area (TPSA) is 106 Å². The number of hydrogen-bond acceptors (Lipinski definition) is 7. The van der Waals surface area contributed by atoms with E-state index in [-0.39, 0.29) is 16.4 Å². The van der Waals surface area contributed by atoms with Crippen LogP contribution in [0.25, 0.3) is 0 Å². The second kappa shape index (κ2) is 9.16. The average molecular weight is 415 g/mol. The first-order valence-electron chi connectivity index (χ1n) is 8.24. The van der Waals surface area contributed by atoms with Crippen molar-refractivity contribution >= 4 is 33.3 Å². The molecule has 0 aliphatic heterocycles. The molecule has 0 radical (unpaired) electrons. The van der Waals surface area contributed by atoms with Crippen LogP contribution in [-0.2, 0) is 37.1 Å². The number of esters is 2. The summed E-state index contributed by atoms with van der Waals surface area (Å²) in [6, 6.07) is 5.28. The van der Waals surface area contributed by atoms with Crippen LogP contribution < -0.4 is 0 Å². The Morgan fingerprint density at radius 3 is 2.63 bits per heavy atom. The summed E-state index contributed by atoms with van der Waals surface area (Å²) in [6.07, 6.45) is 3.04. The monoisotopic (exact) mass is 414 g/mol. The fraction of sp³-hybridized carbons (Fsp3) is 0.412. The molecule has 0 aromatic carbocycles.